The maximum Gasteiger partial charge on any atom is 0.163 e. The van der Waals surface area contributed by atoms with Crippen molar-refractivity contribution in [2.45, 2.75) is 31.8 Å². The molecular weight excluding hydrogens is 224 g/mol. The molecule has 0 aromatic heterocycles. The van der Waals surface area contributed by atoms with Gasteiger partial charge in [-0.1, -0.05) is 6.08 Å². The summed E-state index contributed by atoms with van der Waals surface area (Å²) in [5, 5.41) is 9.10. The highest BCUT2D eigenvalue weighted by Crippen LogP contribution is 2.22. The van der Waals surface area contributed by atoms with Crippen molar-refractivity contribution >= 4 is 0 Å². The summed E-state index contributed by atoms with van der Waals surface area (Å²) in [5.41, 5.74) is 0. The maximum absolute atomic E-state index is 9.10. The minimum absolute atomic E-state index is 0.0753. The predicted octanol–water partition coefficient (Wildman–Crippen LogP) is 0.718. The monoisotopic (exact) mass is 246 g/mol. The smallest absolute Gasteiger partial charge is 0.163 e. The Kier molecular flexibility index (Phi) is 6.08. The molecule has 0 spiro atoms. The van der Waals surface area contributed by atoms with Crippen LogP contribution >= 0.6 is 0 Å². The molecule has 1 N–H and O–H groups in total. The number of hydrogen-bond donors (Lipinski definition) is 1. The summed E-state index contributed by atoms with van der Waals surface area (Å²) < 4.78 is 21.7. The SMILES string of the molecule is C=CCOCC(CO)OCC1COC(C)(C)O1. The van der Waals surface area contributed by atoms with Crippen molar-refractivity contribution in [2.24, 2.45) is 0 Å². The molecular formula is C12H22O5. The second-order valence-corrected chi connectivity index (χ2v) is 4.41. The summed E-state index contributed by atoms with van der Waals surface area (Å²) >= 11 is 0. The maximum atomic E-state index is 9.10. The molecule has 2 atom stereocenters. The standard InChI is InChI=1S/C12H22O5/c1-4-5-14-7-10(6-13)15-8-11-9-16-12(2,3)17-11/h4,10-11,13H,1,5-9H2,2-3H3. The van der Waals surface area contributed by atoms with Crippen molar-refractivity contribution < 1.29 is 24.1 Å². The topological polar surface area (TPSA) is 57.2 Å². The summed E-state index contributed by atoms with van der Waals surface area (Å²) in [5.74, 6) is -0.540. The molecule has 5 nitrogen and oxygen atoms in total. The Labute approximate surface area is 102 Å². The van der Waals surface area contributed by atoms with Gasteiger partial charge in [0.25, 0.3) is 0 Å². The third kappa shape index (κ3) is 5.61. The van der Waals surface area contributed by atoms with Crippen molar-refractivity contribution in [3.8, 4) is 0 Å². The summed E-state index contributed by atoms with van der Waals surface area (Å²) in [6, 6.07) is 0. The molecule has 1 saturated heterocycles. The molecule has 0 amide bonds. The molecule has 5 heteroatoms. The molecule has 0 bridgehead atoms. The minimum Gasteiger partial charge on any atom is -0.394 e. The Balaban J connectivity index is 2.17. The van der Waals surface area contributed by atoms with Gasteiger partial charge >= 0.3 is 0 Å². The lowest BCUT2D eigenvalue weighted by atomic mass is 10.3. The fourth-order valence-electron chi connectivity index (χ4n) is 1.52. The van der Waals surface area contributed by atoms with E-state index >= 15 is 0 Å². The number of ether oxygens (including phenoxy) is 4. The van der Waals surface area contributed by atoms with Gasteiger partial charge in [0.05, 0.1) is 33.0 Å². The molecule has 1 fully saturated rings. The second-order valence-electron chi connectivity index (χ2n) is 4.41. The van der Waals surface area contributed by atoms with E-state index in [1.165, 1.54) is 0 Å². The van der Waals surface area contributed by atoms with E-state index in [1.807, 2.05) is 13.8 Å². The molecule has 0 aromatic carbocycles. The van der Waals surface area contributed by atoms with Crippen LogP contribution in [0.25, 0.3) is 0 Å². The van der Waals surface area contributed by atoms with Crippen molar-refractivity contribution in [1.29, 1.82) is 0 Å². The minimum atomic E-state index is -0.540. The van der Waals surface area contributed by atoms with E-state index in [0.717, 1.165) is 0 Å². The average molecular weight is 246 g/mol. The molecule has 0 radical (unpaired) electrons. The van der Waals surface area contributed by atoms with Crippen LogP contribution in [0.2, 0.25) is 0 Å². The Morgan fingerprint density at radius 2 is 2.35 bits per heavy atom. The molecule has 17 heavy (non-hydrogen) atoms. The molecule has 0 saturated carbocycles. The first kappa shape index (κ1) is 14.6. The molecule has 2 unspecified atom stereocenters. The van der Waals surface area contributed by atoms with Gasteiger partial charge in [0.1, 0.15) is 12.2 Å². The zero-order valence-corrected chi connectivity index (χ0v) is 10.6. The van der Waals surface area contributed by atoms with E-state index in [-0.39, 0.29) is 18.8 Å². The zero-order chi connectivity index (χ0) is 12.7. The molecule has 1 rings (SSSR count). The fourth-order valence-corrected chi connectivity index (χ4v) is 1.52. The van der Waals surface area contributed by atoms with Gasteiger partial charge in [0.2, 0.25) is 0 Å². The quantitative estimate of drug-likeness (QED) is 0.505. The third-order valence-electron chi connectivity index (χ3n) is 2.33. The molecule has 1 heterocycles. The second kappa shape index (κ2) is 7.08. The first-order chi connectivity index (χ1) is 8.07. The van der Waals surface area contributed by atoms with Crippen molar-refractivity contribution in [3.63, 3.8) is 0 Å². The molecule has 0 aromatic rings. The van der Waals surface area contributed by atoms with Crippen LogP contribution in [0.15, 0.2) is 12.7 Å². The predicted molar refractivity (Wildman–Crippen MR) is 62.7 cm³/mol. The molecule has 1 aliphatic rings. The number of hydrogen-bond acceptors (Lipinski definition) is 5. The van der Waals surface area contributed by atoms with Crippen LogP contribution in [0.4, 0.5) is 0 Å². The van der Waals surface area contributed by atoms with Gasteiger partial charge in [-0.25, -0.2) is 0 Å². The van der Waals surface area contributed by atoms with Crippen LogP contribution in [0.5, 0.6) is 0 Å². The fraction of sp³-hybridized carbons (Fsp3) is 0.833. The largest absolute Gasteiger partial charge is 0.394 e. The highest BCUT2D eigenvalue weighted by Gasteiger charge is 2.33. The molecule has 100 valence electrons. The third-order valence-corrected chi connectivity index (χ3v) is 2.33. The van der Waals surface area contributed by atoms with E-state index < -0.39 is 5.79 Å². The van der Waals surface area contributed by atoms with Gasteiger partial charge in [0.15, 0.2) is 5.79 Å². The van der Waals surface area contributed by atoms with Crippen molar-refractivity contribution in [3.05, 3.63) is 12.7 Å². The summed E-state index contributed by atoms with van der Waals surface area (Å²) in [6.07, 6.45) is 1.24. The van der Waals surface area contributed by atoms with Crippen molar-refractivity contribution in [2.75, 3.05) is 33.0 Å². The number of aliphatic hydroxyl groups is 1. The van der Waals surface area contributed by atoms with E-state index in [1.54, 1.807) is 6.08 Å². The van der Waals surface area contributed by atoms with E-state index in [9.17, 15) is 0 Å². The van der Waals surface area contributed by atoms with Crippen molar-refractivity contribution in [1.82, 2.24) is 0 Å². The lowest BCUT2D eigenvalue weighted by Crippen LogP contribution is -2.30. The highest BCUT2D eigenvalue weighted by atomic mass is 16.7. The van der Waals surface area contributed by atoms with Crippen LogP contribution in [0, 0.1) is 0 Å². The van der Waals surface area contributed by atoms with Gasteiger partial charge in [-0.05, 0) is 13.8 Å². The van der Waals surface area contributed by atoms with Crippen LogP contribution in [-0.2, 0) is 18.9 Å². The van der Waals surface area contributed by atoms with Gasteiger partial charge in [-0.2, -0.15) is 0 Å². The van der Waals surface area contributed by atoms with Crippen LogP contribution in [0.1, 0.15) is 13.8 Å². The first-order valence-electron chi connectivity index (χ1n) is 5.80. The van der Waals surface area contributed by atoms with Crippen LogP contribution in [-0.4, -0.2) is 56.1 Å². The lowest BCUT2D eigenvalue weighted by molar-refractivity contribution is -0.150. The first-order valence-corrected chi connectivity index (χ1v) is 5.80. The Bertz CT molecular complexity index is 229. The summed E-state index contributed by atoms with van der Waals surface area (Å²) in [7, 11) is 0. The Morgan fingerprint density at radius 3 is 2.88 bits per heavy atom. The summed E-state index contributed by atoms with van der Waals surface area (Å²) in [6.45, 7) is 8.91. The lowest BCUT2D eigenvalue weighted by Gasteiger charge is -2.19. The normalized spacial score (nSPS) is 24.8. The van der Waals surface area contributed by atoms with Crippen LogP contribution < -0.4 is 0 Å². The van der Waals surface area contributed by atoms with Gasteiger partial charge < -0.3 is 24.1 Å². The van der Waals surface area contributed by atoms with E-state index in [2.05, 4.69) is 6.58 Å². The van der Waals surface area contributed by atoms with Gasteiger partial charge in [-0.3, -0.25) is 0 Å². The zero-order valence-electron chi connectivity index (χ0n) is 10.6. The Morgan fingerprint density at radius 1 is 1.59 bits per heavy atom. The number of rotatable bonds is 8. The summed E-state index contributed by atoms with van der Waals surface area (Å²) in [4.78, 5) is 0. The highest BCUT2D eigenvalue weighted by molar-refractivity contribution is 4.71. The average Bonchev–Trinajstić information content (AvgIpc) is 2.63. The van der Waals surface area contributed by atoms with Crippen LogP contribution in [0.3, 0.4) is 0 Å². The van der Waals surface area contributed by atoms with E-state index in [4.69, 9.17) is 24.1 Å². The Hall–Kier alpha value is -0.460. The van der Waals surface area contributed by atoms with Gasteiger partial charge in [0, 0.05) is 0 Å². The number of aliphatic hydroxyl groups excluding tert-OH is 1. The molecule has 1 aliphatic heterocycles. The van der Waals surface area contributed by atoms with Gasteiger partial charge in [-0.15, -0.1) is 6.58 Å². The van der Waals surface area contributed by atoms with E-state index in [0.29, 0.717) is 26.4 Å². The molecule has 0 aliphatic carbocycles.